The molecule has 0 saturated heterocycles. The summed E-state index contributed by atoms with van der Waals surface area (Å²) < 4.78 is 5.81. The lowest BCUT2D eigenvalue weighted by Crippen LogP contribution is -2.37. The van der Waals surface area contributed by atoms with E-state index in [2.05, 4.69) is 26.5 Å². The van der Waals surface area contributed by atoms with Crippen LogP contribution in [0.2, 0.25) is 5.02 Å². The normalized spacial score (nSPS) is 11.2. The van der Waals surface area contributed by atoms with Crippen LogP contribution in [0, 0.1) is 20.8 Å². The number of carbonyl (C=O) groups excluding carboxylic acids is 1. The third kappa shape index (κ3) is 4.66. The maximum absolute atomic E-state index is 13.4. The summed E-state index contributed by atoms with van der Waals surface area (Å²) in [6.45, 7) is 9.79. The van der Waals surface area contributed by atoms with E-state index in [1.54, 1.807) is 24.0 Å². The first kappa shape index (κ1) is 22.7. The number of rotatable bonds is 6. The Balaban J connectivity index is 1.60. The molecule has 0 aliphatic rings. The fourth-order valence-electron chi connectivity index (χ4n) is 3.55. The second-order valence-corrected chi connectivity index (χ2v) is 8.63. The Morgan fingerprint density at radius 2 is 1.85 bits per heavy atom. The Morgan fingerprint density at radius 1 is 1.09 bits per heavy atom. The predicted octanol–water partition coefficient (Wildman–Crippen LogP) is 4.95. The molecular formula is C24H25ClN6O2. The van der Waals surface area contributed by atoms with E-state index in [4.69, 9.17) is 16.0 Å². The van der Waals surface area contributed by atoms with E-state index in [0.29, 0.717) is 28.1 Å². The van der Waals surface area contributed by atoms with E-state index in [0.717, 1.165) is 16.8 Å². The van der Waals surface area contributed by atoms with Gasteiger partial charge >= 0.3 is 0 Å². The predicted molar refractivity (Wildman–Crippen MR) is 125 cm³/mol. The summed E-state index contributed by atoms with van der Waals surface area (Å²) in [5.41, 5.74) is 4.50. The van der Waals surface area contributed by atoms with Gasteiger partial charge in [-0.05, 0) is 58.4 Å². The highest BCUT2D eigenvalue weighted by molar-refractivity contribution is 6.33. The molecule has 0 aliphatic heterocycles. The molecule has 0 atom stereocenters. The minimum Gasteiger partial charge on any atom is -0.419 e. The molecule has 170 valence electrons. The lowest BCUT2D eigenvalue weighted by Gasteiger charge is -2.24. The smallest absolute Gasteiger partial charge is 0.277 e. The van der Waals surface area contributed by atoms with Crippen molar-refractivity contribution in [3.8, 4) is 17.1 Å². The summed E-state index contributed by atoms with van der Waals surface area (Å²) in [4.78, 5) is 16.6. The van der Waals surface area contributed by atoms with Gasteiger partial charge in [0.15, 0.2) is 5.69 Å². The molecule has 0 saturated carbocycles. The lowest BCUT2D eigenvalue weighted by atomic mass is 10.1. The van der Waals surface area contributed by atoms with Crippen molar-refractivity contribution in [2.45, 2.75) is 47.2 Å². The zero-order valence-electron chi connectivity index (χ0n) is 19.2. The molecule has 9 heteroatoms. The van der Waals surface area contributed by atoms with Gasteiger partial charge in [0.2, 0.25) is 11.8 Å². The standard InChI is InChI=1S/C24H25ClN6O2/c1-14(2)30(13-21-26-27-23(33-21)18-8-6-7-9-19(18)25)24(32)22-17(5)28-31(29-22)20-11-10-15(3)12-16(20)4/h6-12,14H,13H2,1-5H3. The Hall–Kier alpha value is -3.52. The topological polar surface area (TPSA) is 89.9 Å². The molecule has 4 rings (SSSR count). The first-order chi connectivity index (χ1) is 15.7. The molecule has 0 unspecified atom stereocenters. The molecule has 33 heavy (non-hydrogen) atoms. The van der Waals surface area contributed by atoms with Crippen molar-refractivity contribution in [1.82, 2.24) is 30.1 Å². The van der Waals surface area contributed by atoms with Crippen molar-refractivity contribution in [2.75, 3.05) is 0 Å². The highest BCUT2D eigenvalue weighted by Crippen LogP contribution is 2.27. The number of benzene rings is 2. The molecular weight excluding hydrogens is 440 g/mol. The van der Waals surface area contributed by atoms with E-state index in [9.17, 15) is 4.79 Å². The molecule has 1 amide bonds. The zero-order valence-corrected chi connectivity index (χ0v) is 20.0. The number of hydrogen-bond acceptors (Lipinski definition) is 6. The van der Waals surface area contributed by atoms with Crippen molar-refractivity contribution in [2.24, 2.45) is 0 Å². The maximum atomic E-state index is 13.4. The molecule has 0 radical (unpaired) electrons. The third-order valence-corrected chi connectivity index (χ3v) is 5.64. The van der Waals surface area contributed by atoms with E-state index >= 15 is 0 Å². The van der Waals surface area contributed by atoms with Crippen LogP contribution in [0.5, 0.6) is 0 Å². The molecule has 2 heterocycles. The van der Waals surface area contributed by atoms with Crippen LogP contribution in [0.4, 0.5) is 0 Å². The van der Waals surface area contributed by atoms with Crippen molar-refractivity contribution in [3.63, 3.8) is 0 Å². The van der Waals surface area contributed by atoms with Crippen LogP contribution in [-0.4, -0.2) is 42.0 Å². The van der Waals surface area contributed by atoms with Gasteiger partial charge in [-0.25, -0.2) is 0 Å². The minimum atomic E-state index is -0.254. The van der Waals surface area contributed by atoms with Gasteiger partial charge in [-0.15, -0.1) is 15.3 Å². The molecule has 8 nitrogen and oxygen atoms in total. The number of carbonyl (C=O) groups is 1. The average molecular weight is 465 g/mol. The number of amides is 1. The maximum Gasteiger partial charge on any atom is 0.277 e. The highest BCUT2D eigenvalue weighted by atomic mass is 35.5. The summed E-state index contributed by atoms with van der Waals surface area (Å²) in [5, 5.41) is 17.7. The molecule has 0 fully saturated rings. The second-order valence-electron chi connectivity index (χ2n) is 8.22. The molecule has 2 aromatic carbocycles. The van der Waals surface area contributed by atoms with Crippen LogP contribution in [0.3, 0.4) is 0 Å². The minimum absolute atomic E-state index is 0.126. The summed E-state index contributed by atoms with van der Waals surface area (Å²) in [6, 6.07) is 13.1. The Morgan fingerprint density at radius 3 is 2.55 bits per heavy atom. The average Bonchev–Trinajstić information content (AvgIpc) is 3.38. The Labute approximate surface area is 197 Å². The van der Waals surface area contributed by atoms with Gasteiger partial charge in [-0.2, -0.15) is 9.90 Å². The van der Waals surface area contributed by atoms with E-state index in [-0.39, 0.29) is 24.2 Å². The Bertz CT molecular complexity index is 1310. The number of halogens is 1. The van der Waals surface area contributed by atoms with E-state index in [1.807, 2.05) is 52.0 Å². The first-order valence-electron chi connectivity index (χ1n) is 10.6. The van der Waals surface area contributed by atoms with Crippen molar-refractivity contribution >= 4 is 17.5 Å². The fourth-order valence-corrected chi connectivity index (χ4v) is 3.76. The highest BCUT2D eigenvalue weighted by Gasteiger charge is 2.27. The van der Waals surface area contributed by atoms with Gasteiger partial charge in [0.1, 0.15) is 0 Å². The monoisotopic (exact) mass is 464 g/mol. The summed E-state index contributed by atoms with van der Waals surface area (Å²) in [6.07, 6.45) is 0. The quantitative estimate of drug-likeness (QED) is 0.401. The van der Waals surface area contributed by atoms with Gasteiger partial charge in [0.25, 0.3) is 5.91 Å². The van der Waals surface area contributed by atoms with Crippen LogP contribution in [0.15, 0.2) is 46.9 Å². The van der Waals surface area contributed by atoms with Crippen LogP contribution < -0.4 is 0 Å². The molecule has 4 aromatic rings. The SMILES string of the molecule is Cc1ccc(-n2nc(C)c(C(=O)N(Cc3nnc(-c4ccccc4Cl)o3)C(C)C)n2)c(C)c1. The largest absolute Gasteiger partial charge is 0.419 e. The molecule has 2 aromatic heterocycles. The van der Waals surface area contributed by atoms with Crippen LogP contribution >= 0.6 is 11.6 Å². The number of hydrogen-bond donors (Lipinski definition) is 0. The summed E-state index contributed by atoms with van der Waals surface area (Å²) in [7, 11) is 0. The molecule has 0 bridgehead atoms. The van der Waals surface area contributed by atoms with E-state index in [1.165, 1.54) is 4.80 Å². The van der Waals surface area contributed by atoms with Gasteiger partial charge in [-0.3, -0.25) is 4.79 Å². The van der Waals surface area contributed by atoms with Crippen LogP contribution in [0.1, 0.15) is 47.0 Å². The van der Waals surface area contributed by atoms with Crippen molar-refractivity contribution < 1.29 is 9.21 Å². The van der Waals surface area contributed by atoms with Gasteiger partial charge < -0.3 is 9.32 Å². The third-order valence-electron chi connectivity index (χ3n) is 5.31. The van der Waals surface area contributed by atoms with Gasteiger partial charge in [-0.1, -0.05) is 41.4 Å². The van der Waals surface area contributed by atoms with E-state index < -0.39 is 0 Å². The van der Waals surface area contributed by atoms with Crippen LogP contribution in [-0.2, 0) is 6.54 Å². The number of aryl methyl sites for hydroxylation is 3. The Kier molecular flexibility index (Phi) is 6.29. The fraction of sp³-hybridized carbons (Fsp3) is 0.292. The molecule has 0 N–H and O–H groups in total. The first-order valence-corrected chi connectivity index (χ1v) is 11.0. The molecule has 0 aliphatic carbocycles. The molecule has 0 spiro atoms. The van der Waals surface area contributed by atoms with Crippen molar-refractivity contribution in [1.29, 1.82) is 0 Å². The van der Waals surface area contributed by atoms with Crippen LogP contribution in [0.25, 0.3) is 17.1 Å². The lowest BCUT2D eigenvalue weighted by molar-refractivity contribution is 0.0665. The second kappa shape index (κ2) is 9.15. The number of aromatic nitrogens is 5. The van der Waals surface area contributed by atoms with Gasteiger partial charge in [0, 0.05) is 6.04 Å². The zero-order chi connectivity index (χ0) is 23.7. The van der Waals surface area contributed by atoms with Gasteiger partial charge in [0.05, 0.1) is 28.5 Å². The summed E-state index contributed by atoms with van der Waals surface area (Å²) in [5.74, 6) is 0.367. The number of nitrogens with zero attached hydrogens (tertiary/aromatic N) is 6. The van der Waals surface area contributed by atoms with Crippen molar-refractivity contribution in [3.05, 3.63) is 75.9 Å². The summed E-state index contributed by atoms with van der Waals surface area (Å²) >= 11 is 6.23.